The van der Waals surface area contributed by atoms with Gasteiger partial charge in [-0.2, -0.15) is 0 Å². The summed E-state index contributed by atoms with van der Waals surface area (Å²) in [7, 11) is 0. The number of carbonyl (C=O) groups excluding carboxylic acids is 3. The van der Waals surface area contributed by atoms with Crippen LogP contribution in [0.15, 0.2) is 30.3 Å². The predicted octanol–water partition coefficient (Wildman–Crippen LogP) is -1.84. The van der Waals surface area contributed by atoms with Gasteiger partial charge in [-0.3, -0.25) is 0 Å². The third-order valence-electron chi connectivity index (χ3n) is 2.57. The van der Waals surface area contributed by atoms with Gasteiger partial charge in [-0.1, -0.05) is 30.3 Å². The normalized spacial score (nSPS) is 20.4. The molecule has 21 heavy (non-hydrogen) atoms. The number of carbonyl (C=O) groups is 3. The second-order valence-electron chi connectivity index (χ2n) is 4.25. The van der Waals surface area contributed by atoms with Gasteiger partial charge in [-0.25, -0.2) is 24.2 Å². The summed E-state index contributed by atoms with van der Waals surface area (Å²) in [4.78, 5) is 40.7. The van der Waals surface area contributed by atoms with Crippen molar-refractivity contribution in [3.63, 3.8) is 0 Å². The fourth-order valence-electron chi connectivity index (χ4n) is 1.39. The molecule has 1 saturated heterocycles. The van der Waals surface area contributed by atoms with Crippen LogP contribution in [0.3, 0.4) is 0 Å². The smallest absolute Gasteiger partial charge is 0.407 e. The summed E-state index contributed by atoms with van der Waals surface area (Å²) in [5.74, 6) is -10.4. The third-order valence-corrected chi connectivity index (χ3v) is 2.57. The van der Waals surface area contributed by atoms with E-state index in [0.717, 1.165) is 0 Å². The molecule has 0 amide bonds. The first-order valence-electron chi connectivity index (χ1n) is 5.63. The van der Waals surface area contributed by atoms with Gasteiger partial charge in [0.05, 0.1) is 0 Å². The van der Waals surface area contributed by atoms with Crippen LogP contribution in [0, 0.1) is 0 Å². The van der Waals surface area contributed by atoms with E-state index in [-0.39, 0.29) is 0 Å². The summed E-state index contributed by atoms with van der Waals surface area (Å²) in [6.07, 6.45) is -0.524. The minimum absolute atomic E-state index is 0.408. The number of hydrogen-bond acceptors (Lipinski definition) is 9. The van der Waals surface area contributed by atoms with Crippen LogP contribution in [0.5, 0.6) is 0 Å². The minimum atomic E-state index is -2.96. The van der Waals surface area contributed by atoms with E-state index in [0.29, 0.717) is 5.56 Å². The van der Waals surface area contributed by atoms with E-state index >= 15 is 0 Å². The molecule has 1 aromatic carbocycles. The van der Waals surface area contributed by atoms with Crippen molar-refractivity contribution < 1.29 is 44.2 Å². The summed E-state index contributed by atoms with van der Waals surface area (Å²) in [5.41, 5.74) is 0.408. The zero-order chi connectivity index (χ0) is 15.7. The lowest BCUT2D eigenvalue weighted by Gasteiger charge is -2.18. The van der Waals surface area contributed by atoms with Gasteiger partial charge >= 0.3 is 23.7 Å². The van der Waals surface area contributed by atoms with Crippen LogP contribution < -0.4 is 0 Å². The standard InChI is InChI=1S/C12H10O9/c13-8(20-21-10(15)12(18)9(14)19-12)11(16,17)6-7-4-2-1-3-5-7/h1-5,16-18H,6H2. The zero-order valence-corrected chi connectivity index (χ0v) is 10.4. The average Bonchev–Trinajstić information content (AvgIpc) is 3.05. The van der Waals surface area contributed by atoms with E-state index in [9.17, 15) is 24.6 Å². The molecule has 0 saturated carbocycles. The molecule has 2 rings (SSSR count). The molecule has 9 nitrogen and oxygen atoms in total. The van der Waals surface area contributed by atoms with E-state index < -0.39 is 35.9 Å². The summed E-state index contributed by atoms with van der Waals surface area (Å²) in [5, 5.41) is 28.2. The Morgan fingerprint density at radius 1 is 1.19 bits per heavy atom. The summed E-state index contributed by atoms with van der Waals surface area (Å²) in [6, 6.07) is 7.97. The Morgan fingerprint density at radius 2 is 1.76 bits per heavy atom. The van der Waals surface area contributed by atoms with Gasteiger partial charge in [-0.15, -0.1) is 0 Å². The number of hydrogen-bond donors (Lipinski definition) is 3. The number of benzene rings is 1. The predicted molar refractivity (Wildman–Crippen MR) is 60.5 cm³/mol. The molecule has 1 unspecified atom stereocenters. The lowest BCUT2D eigenvalue weighted by Crippen LogP contribution is -2.43. The maximum absolute atomic E-state index is 11.4. The van der Waals surface area contributed by atoms with E-state index in [2.05, 4.69) is 14.5 Å². The topological polar surface area (TPSA) is 143 Å². The largest absolute Gasteiger partial charge is 0.439 e. The fourth-order valence-corrected chi connectivity index (χ4v) is 1.39. The fraction of sp³-hybridized carbons (Fsp3) is 0.250. The lowest BCUT2D eigenvalue weighted by atomic mass is 10.1. The van der Waals surface area contributed by atoms with Gasteiger partial charge in [0.15, 0.2) is 0 Å². The molecular weight excluding hydrogens is 288 g/mol. The zero-order valence-electron chi connectivity index (χ0n) is 10.4. The quantitative estimate of drug-likeness (QED) is 0.192. The number of rotatable bonds is 4. The van der Waals surface area contributed by atoms with Crippen molar-refractivity contribution in [1.82, 2.24) is 0 Å². The van der Waals surface area contributed by atoms with Crippen molar-refractivity contribution in [2.24, 2.45) is 0 Å². The van der Waals surface area contributed by atoms with E-state index in [1.165, 1.54) is 12.1 Å². The highest BCUT2D eigenvalue weighted by Crippen LogP contribution is 2.27. The van der Waals surface area contributed by atoms with E-state index in [1.54, 1.807) is 18.2 Å². The molecule has 1 aliphatic rings. The first-order valence-corrected chi connectivity index (χ1v) is 5.63. The molecule has 1 atom stereocenters. The Kier molecular flexibility index (Phi) is 3.64. The van der Waals surface area contributed by atoms with Gasteiger partial charge in [0.2, 0.25) is 0 Å². The molecule has 0 spiro atoms. The summed E-state index contributed by atoms with van der Waals surface area (Å²) < 4.78 is 3.91. The highest BCUT2D eigenvalue weighted by molar-refractivity contribution is 6.11. The molecule has 1 aliphatic heterocycles. The maximum atomic E-state index is 11.4. The van der Waals surface area contributed by atoms with Crippen LogP contribution in [0.25, 0.3) is 0 Å². The summed E-state index contributed by atoms with van der Waals surface area (Å²) >= 11 is 0. The molecule has 0 bridgehead atoms. The second-order valence-corrected chi connectivity index (χ2v) is 4.25. The Hall–Kier alpha value is -2.49. The highest BCUT2D eigenvalue weighted by atomic mass is 17.2. The molecule has 9 heteroatoms. The monoisotopic (exact) mass is 298 g/mol. The van der Waals surface area contributed by atoms with Gasteiger partial charge < -0.3 is 20.1 Å². The molecule has 0 aliphatic carbocycles. The van der Waals surface area contributed by atoms with Crippen molar-refractivity contribution in [2.45, 2.75) is 18.0 Å². The maximum Gasteiger partial charge on any atom is 0.439 e. The SMILES string of the molecule is O=C(OOC(=O)C1(O)OC1=O)C(O)(O)Cc1ccccc1. The molecule has 3 N–H and O–H groups in total. The Bertz CT molecular complexity index is 580. The van der Waals surface area contributed by atoms with Crippen LogP contribution in [0.1, 0.15) is 5.56 Å². The minimum Gasteiger partial charge on any atom is -0.407 e. The molecule has 112 valence electrons. The third kappa shape index (κ3) is 3.16. The van der Waals surface area contributed by atoms with Gasteiger partial charge in [0.25, 0.3) is 5.79 Å². The summed E-state index contributed by atoms with van der Waals surface area (Å²) in [6.45, 7) is 0. The molecule has 0 aromatic heterocycles. The molecular formula is C12H10O9. The van der Waals surface area contributed by atoms with Crippen LogP contribution >= 0.6 is 0 Å². The Morgan fingerprint density at radius 3 is 2.29 bits per heavy atom. The molecule has 1 heterocycles. The second kappa shape index (κ2) is 5.13. The van der Waals surface area contributed by atoms with Gasteiger partial charge in [0, 0.05) is 6.42 Å². The number of aliphatic hydroxyl groups is 3. The van der Waals surface area contributed by atoms with Gasteiger partial charge in [0.1, 0.15) is 0 Å². The number of epoxide rings is 1. The van der Waals surface area contributed by atoms with Crippen molar-refractivity contribution in [3.8, 4) is 0 Å². The van der Waals surface area contributed by atoms with E-state index in [1.807, 2.05) is 0 Å². The van der Waals surface area contributed by atoms with Crippen LogP contribution in [0.4, 0.5) is 0 Å². The Balaban J connectivity index is 1.90. The first kappa shape index (κ1) is 14.9. The van der Waals surface area contributed by atoms with Crippen LogP contribution in [-0.2, 0) is 35.3 Å². The van der Waals surface area contributed by atoms with Crippen LogP contribution in [-0.4, -0.2) is 44.8 Å². The average molecular weight is 298 g/mol. The Labute approximate surface area is 117 Å². The van der Waals surface area contributed by atoms with Crippen molar-refractivity contribution >= 4 is 17.9 Å². The number of cyclic esters (lactones) is 1. The van der Waals surface area contributed by atoms with Crippen LogP contribution in [0.2, 0.25) is 0 Å². The highest BCUT2D eigenvalue weighted by Gasteiger charge is 2.67. The van der Waals surface area contributed by atoms with E-state index in [4.69, 9.17) is 5.11 Å². The first-order chi connectivity index (χ1) is 9.75. The van der Waals surface area contributed by atoms with Gasteiger partial charge in [-0.05, 0) is 5.56 Å². The van der Waals surface area contributed by atoms with Crippen molar-refractivity contribution in [3.05, 3.63) is 35.9 Å². The van der Waals surface area contributed by atoms with Crippen molar-refractivity contribution in [2.75, 3.05) is 0 Å². The molecule has 0 radical (unpaired) electrons. The molecule has 1 fully saturated rings. The molecule has 1 aromatic rings. The van der Waals surface area contributed by atoms with Crippen molar-refractivity contribution in [1.29, 1.82) is 0 Å². The number of ether oxygens (including phenoxy) is 1. The lowest BCUT2D eigenvalue weighted by molar-refractivity contribution is -0.295.